The Balaban J connectivity index is 1.81. The van der Waals surface area contributed by atoms with Gasteiger partial charge in [0.15, 0.2) is 0 Å². The number of carbonyl (C=O) groups excluding carboxylic acids is 1. The van der Waals surface area contributed by atoms with Crippen LogP contribution in [-0.2, 0) is 10.2 Å². The fourth-order valence-corrected chi connectivity index (χ4v) is 3.17. The van der Waals surface area contributed by atoms with E-state index in [1.165, 1.54) is 30.4 Å². The molecule has 1 heteroatoms. The molecule has 0 heterocycles. The van der Waals surface area contributed by atoms with E-state index >= 15 is 0 Å². The van der Waals surface area contributed by atoms with E-state index < -0.39 is 0 Å². The summed E-state index contributed by atoms with van der Waals surface area (Å²) in [5, 5.41) is 0. The molecule has 1 aromatic rings. The third-order valence-electron chi connectivity index (χ3n) is 4.73. The summed E-state index contributed by atoms with van der Waals surface area (Å²) in [5.41, 5.74) is 2.95. The zero-order chi connectivity index (χ0) is 11.9. The molecular weight excluding hydrogens is 208 g/mol. The third-order valence-corrected chi connectivity index (χ3v) is 4.73. The second-order valence-electron chi connectivity index (χ2n) is 6.03. The van der Waals surface area contributed by atoms with Crippen molar-refractivity contribution >= 4 is 5.78 Å². The number of hydrogen-bond acceptors (Lipinski definition) is 1. The Morgan fingerprint density at radius 2 is 1.88 bits per heavy atom. The quantitative estimate of drug-likeness (QED) is 0.748. The first-order valence-corrected chi connectivity index (χ1v) is 6.79. The second-order valence-corrected chi connectivity index (χ2v) is 6.03. The van der Waals surface area contributed by atoms with Crippen molar-refractivity contribution in [3.05, 3.63) is 35.4 Å². The van der Waals surface area contributed by atoms with Crippen molar-refractivity contribution in [1.82, 2.24) is 0 Å². The number of benzene rings is 1. The van der Waals surface area contributed by atoms with E-state index in [0.717, 1.165) is 25.2 Å². The van der Waals surface area contributed by atoms with Crippen LogP contribution >= 0.6 is 0 Å². The van der Waals surface area contributed by atoms with Crippen molar-refractivity contribution in [2.24, 2.45) is 0 Å². The first kappa shape index (κ1) is 11.0. The lowest BCUT2D eigenvalue weighted by atomic mass is 9.77. The number of ketones is 1. The van der Waals surface area contributed by atoms with Gasteiger partial charge in [0.2, 0.25) is 0 Å². The number of hydrogen-bond donors (Lipinski definition) is 0. The van der Waals surface area contributed by atoms with Crippen molar-refractivity contribution in [1.29, 1.82) is 0 Å². The van der Waals surface area contributed by atoms with E-state index in [-0.39, 0.29) is 5.41 Å². The molecular formula is C16H20O. The Bertz CT molecular complexity index is 427. The van der Waals surface area contributed by atoms with Gasteiger partial charge in [-0.1, -0.05) is 37.6 Å². The van der Waals surface area contributed by atoms with E-state index in [0.29, 0.717) is 5.78 Å². The molecule has 2 saturated carbocycles. The summed E-state index contributed by atoms with van der Waals surface area (Å²) in [6, 6.07) is 9.08. The predicted molar refractivity (Wildman–Crippen MR) is 69.2 cm³/mol. The smallest absolute Gasteiger partial charge is 0.133 e. The summed E-state index contributed by atoms with van der Waals surface area (Å²) in [6.07, 6.45) is 6.62. The van der Waals surface area contributed by atoms with Crippen molar-refractivity contribution in [2.45, 2.75) is 56.8 Å². The van der Waals surface area contributed by atoms with Crippen LogP contribution in [0, 0.1) is 0 Å². The normalized spacial score (nSPS) is 29.4. The van der Waals surface area contributed by atoms with Gasteiger partial charge >= 0.3 is 0 Å². The van der Waals surface area contributed by atoms with Gasteiger partial charge in [0.05, 0.1) is 0 Å². The van der Waals surface area contributed by atoms with Gasteiger partial charge in [0.1, 0.15) is 5.78 Å². The van der Waals surface area contributed by atoms with Crippen LogP contribution in [0.4, 0.5) is 0 Å². The van der Waals surface area contributed by atoms with E-state index in [2.05, 4.69) is 31.2 Å². The van der Waals surface area contributed by atoms with Crippen LogP contribution < -0.4 is 0 Å². The minimum Gasteiger partial charge on any atom is -0.300 e. The average molecular weight is 228 g/mol. The van der Waals surface area contributed by atoms with Crippen LogP contribution in [0.5, 0.6) is 0 Å². The maximum absolute atomic E-state index is 11.5. The molecule has 1 atom stereocenters. The topological polar surface area (TPSA) is 17.1 Å². The van der Waals surface area contributed by atoms with Gasteiger partial charge in [0.25, 0.3) is 0 Å². The molecule has 3 rings (SSSR count). The van der Waals surface area contributed by atoms with Crippen LogP contribution in [0.3, 0.4) is 0 Å². The molecule has 1 nitrogen and oxygen atoms in total. The Kier molecular flexibility index (Phi) is 2.57. The first-order valence-electron chi connectivity index (χ1n) is 6.79. The van der Waals surface area contributed by atoms with Gasteiger partial charge < -0.3 is 0 Å². The lowest BCUT2D eigenvalue weighted by Gasteiger charge is -2.28. The standard InChI is InChI=1S/C16H20O/c1-16(10-9-15(17)11-16)14-7-5-13(6-8-14)12-3-2-4-12/h5-8,12H,2-4,9-11H2,1H3. The van der Waals surface area contributed by atoms with Gasteiger partial charge in [-0.15, -0.1) is 0 Å². The molecule has 2 aliphatic carbocycles. The molecule has 0 saturated heterocycles. The first-order chi connectivity index (χ1) is 8.17. The summed E-state index contributed by atoms with van der Waals surface area (Å²) in [5.74, 6) is 1.23. The van der Waals surface area contributed by atoms with E-state index in [9.17, 15) is 4.79 Å². The third kappa shape index (κ3) is 1.92. The van der Waals surface area contributed by atoms with E-state index in [4.69, 9.17) is 0 Å². The average Bonchev–Trinajstić information content (AvgIpc) is 2.58. The molecule has 2 fully saturated rings. The number of rotatable bonds is 2. The number of carbonyl (C=O) groups is 1. The van der Waals surface area contributed by atoms with Crippen molar-refractivity contribution < 1.29 is 4.79 Å². The van der Waals surface area contributed by atoms with E-state index in [1.54, 1.807) is 0 Å². The maximum atomic E-state index is 11.5. The summed E-state index contributed by atoms with van der Waals surface area (Å²) in [7, 11) is 0. The lowest BCUT2D eigenvalue weighted by Crippen LogP contribution is -2.18. The van der Waals surface area contributed by atoms with Crippen molar-refractivity contribution in [2.75, 3.05) is 0 Å². The molecule has 90 valence electrons. The Morgan fingerprint density at radius 3 is 2.35 bits per heavy atom. The second kappa shape index (κ2) is 3.97. The summed E-state index contributed by atoms with van der Waals surface area (Å²) in [4.78, 5) is 11.5. The van der Waals surface area contributed by atoms with Gasteiger partial charge in [-0.2, -0.15) is 0 Å². The molecule has 0 N–H and O–H groups in total. The molecule has 17 heavy (non-hydrogen) atoms. The predicted octanol–water partition coefficient (Wildman–Crippen LogP) is 3.96. The van der Waals surface area contributed by atoms with Crippen LogP contribution in [0.15, 0.2) is 24.3 Å². The molecule has 0 amide bonds. The summed E-state index contributed by atoms with van der Waals surface area (Å²) < 4.78 is 0. The fraction of sp³-hybridized carbons (Fsp3) is 0.562. The van der Waals surface area contributed by atoms with Crippen molar-refractivity contribution in [3.63, 3.8) is 0 Å². The molecule has 0 aromatic heterocycles. The number of Topliss-reactive ketones (excluding diaryl/α,β-unsaturated/α-hetero) is 1. The summed E-state index contributed by atoms with van der Waals surface area (Å²) >= 11 is 0. The summed E-state index contributed by atoms with van der Waals surface area (Å²) in [6.45, 7) is 2.23. The van der Waals surface area contributed by atoms with Gasteiger partial charge in [-0.3, -0.25) is 4.79 Å². The minimum atomic E-state index is 0.106. The molecule has 0 spiro atoms. The van der Waals surface area contributed by atoms with Crippen LogP contribution in [-0.4, -0.2) is 5.78 Å². The lowest BCUT2D eigenvalue weighted by molar-refractivity contribution is -0.117. The zero-order valence-corrected chi connectivity index (χ0v) is 10.5. The Hall–Kier alpha value is -1.11. The van der Waals surface area contributed by atoms with Crippen LogP contribution in [0.1, 0.15) is 62.5 Å². The molecule has 0 bridgehead atoms. The minimum absolute atomic E-state index is 0.106. The molecule has 2 aliphatic rings. The van der Waals surface area contributed by atoms with Crippen molar-refractivity contribution in [3.8, 4) is 0 Å². The zero-order valence-electron chi connectivity index (χ0n) is 10.5. The SMILES string of the molecule is CC1(c2ccc(C3CCC3)cc2)CCC(=O)C1. The molecule has 0 radical (unpaired) electrons. The van der Waals surface area contributed by atoms with Gasteiger partial charge in [-0.05, 0) is 41.7 Å². The highest BCUT2D eigenvalue weighted by molar-refractivity contribution is 5.82. The monoisotopic (exact) mass is 228 g/mol. The maximum Gasteiger partial charge on any atom is 0.133 e. The van der Waals surface area contributed by atoms with E-state index in [1.807, 2.05) is 0 Å². The Labute approximate surface area is 103 Å². The highest BCUT2D eigenvalue weighted by Gasteiger charge is 2.35. The largest absolute Gasteiger partial charge is 0.300 e. The Morgan fingerprint density at radius 1 is 1.18 bits per heavy atom. The molecule has 1 aromatic carbocycles. The van der Waals surface area contributed by atoms with Gasteiger partial charge in [-0.25, -0.2) is 0 Å². The highest BCUT2D eigenvalue weighted by Crippen LogP contribution is 2.41. The fourth-order valence-electron chi connectivity index (χ4n) is 3.17. The molecule has 0 aliphatic heterocycles. The molecule has 1 unspecified atom stereocenters. The van der Waals surface area contributed by atoms with Crippen LogP contribution in [0.2, 0.25) is 0 Å². The van der Waals surface area contributed by atoms with Crippen LogP contribution in [0.25, 0.3) is 0 Å². The van der Waals surface area contributed by atoms with Gasteiger partial charge in [0, 0.05) is 12.8 Å². The highest BCUT2D eigenvalue weighted by atomic mass is 16.1.